The van der Waals surface area contributed by atoms with Crippen molar-refractivity contribution in [3.63, 3.8) is 0 Å². The Labute approximate surface area is 109 Å². The van der Waals surface area contributed by atoms with Crippen LogP contribution in [0.25, 0.3) is 0 Å². The number of nitrogen functional groups attached to an aromatic ring is 1. The van der Waals surface area contributed by atoms with Gasteiger partial charge < -0.3 is 5.73 Å². The molecule has 0 radical (unpaired) electrons. The van der Waals surface area contributed by atoms with Gasteiger partial charge >= 0.3 is 0 Å². The van der Waals surface area contributed by atoms with Gasteiger partial charge in [-0.25, -0.2) is 4.39 Å². The van der Waals surface area contributed by atoms with E-state index in [9.17, 15) is 9.18 Å². The fourth-order valence-electron chi connectivity index (χ4n) is 1.24. The Morgan fingerprint density at radius 1 is 1.59 bits per heavy atom. The van der Waals surface area contributed by atoms with Gasteiger partial charge in [0.1, 0.15) is 5.82 Å². The quantitative estimate of drug-likeness (QED) is 0.450. The van der Waals surface area contributed by atoms with Crippen LogP contribution in [-0.2, 0) is 0 Å². The highest BCUT2D eigenvalue weighted by molar-refractivity contribution is 7.99. The third-order valence-electron chi connectivity index (χ3n) is 2.71. The van der Waals surface area contributed by atoms with E-state index in [0.29, 0.717) is 0 Å². The molecule has 1 aliphatic rings. The van der Waals surface area contributed by atoms with Crippen LogP contribution in [0.4, 0.5) is 10.1 Å². The van der Waals surface area contributed by atoms with Gasteiger partial charge in [-0.15, -0.1) is 12.6 Å². The predicted molar refractivity (Wildman–Crippen MR) is 70.8 cm³/mol. The van der Waals surface area contributed by atoms with Crippen molar-refractivity contribution < 1.29 is 9.18 Å². The van der Waals surface area contributed by atoms with Crippen LogP contribution in [0.15, 0.2) is 17.0 Å². The number of carbonyl (C=O) groups is 1. The molecule has 0 aliphatic heterocycles. The van der Waals surface area contributed by atoms with E-state index in [1.54, 1.807) is 0 Å². The minimum Gasteiger partial charge on any atom is -0.395 e. The van der Waals surface area contributed by atoms with Crippen LogP contribution in [-0.4, -0.2) is 10.7 Å². The molecule has 1 saturated carbocycles. The van der Waals surface area contributed by atoms with Crippen molar-refractivity contribution in [1.29, 1.82) is 0 Å². The maximum atomic E-state index is 13.3. The standard InChI is InChI=1S/C11H13FN2OS2/c1-11(2-3-11)17-14-10(15)6-4-7(12)9(13)8(16)5-6/h4-5,16H,2-3,13H2,1H3,(H,14,15). The Bertz CT molecular complexity index is 452. The number of anilines is 1. The van der Waals surface area contributed by atoms with Crippen molar-refractivity contribution in [2.45, 2.75) is 29.4 Å². The Kier molecular flexibility index (Phi) is 3.27. The first-order valence-corrected chi connectivity index (χ1v) is 6.44. The van der Waals surface area contributed by atoms with Crippen LogP contribution >= 0.6 is 24.6 Å². The van der Waals surface area contributed by atoms with Crippen LogP contribution in [0.2, 0.25) is 0 Å². The van der Waals surface area contributed by atoms with Crippen molar-refractivity contribution in [3.8, 4) is 0 Å². The highest BCUT2D eigenvalue weighted by Crippen LogP contribution is 2.46. The number of rotatable bonds is 3. The fourth-order valence-corrected chi connectivity index (χ4v) is 2.25. The summed E-state index contributed by atoms with van der Waals surface area (Å²) in [7, 11) is 0. The summed E-state index contributed by atoms with van der Waals surface area (Å²) in [6, 6.07) is 2.59. The molecule has 3 nitrogen and oxygen atoms in total. The molecule has 0 aromatic heterocycles. The van der Waals surface area contributed by atoms with E-state index >= 15 is 0 Å². The van der Waals surface area contributed by atoms with Crippen molar-refractivity contribution in [1.82, 2.24) is 4.72 Å². The summed E-state index contributed by atoms with van der Waals surface area (Å²) in [4.78, 5) is 12.0. The minimum atomic E-state index is -0.620. The monoisotopic (exact) mass is 272 g/mol. The second-order valence-corrected chi connectivity index (χ2v) is 6.25. The minimum absolute atomic E-state index is 0.0355. The molecular weight excluding hydrogens is 259 g/mol. The van der Waals surface area contributed by atoms with Crippen molar-refractivity contribution in [3.05, 3.63) is 23.5 Å². The Balaban J connectivity index is 2.08. The van der Waals surface area contributed by atoms with Crippen molar-refractivity contribution in [2.24, 2.45) is 0 Å². The molecule has 0 atom stereocenters. The van der Waals surface area contributed by atoms with E-state index in [1.807, 2.05) is 0 Å². The smallest absolute Gasteiger partial charge is 0.261 e. The molecule has 0 spiro atoms. The van der Waals surface area contributed by atoms with Crippen LogP contribution < -0.4 is 10.5 Å². The molecule has 2 rings (SSSR count). The van der Waals surface area contributed by atoms with E-state index < -0.39 is 5.82 Å². The molecule has 1 aromatic carbocycles. The number of amides is 1. The van der Waals surface area contributed by atoms with Crippen LogP contribution in [0.3, 0.4) is 0 Å². The van der Waals surface area contributed by atoms with E-state index in [-0.39, 0.29) is 26.8 Å². The average Bonchev–Trinajstić information content (AvgIpc) is 3.01. The molecule has 1 aromatic rings. The SMILES string of the molecule is CC1(SNC(=O)c2cc(F)c(N)c(S)c2)CC1. The second-order valence-electron chi connectivity index (χ2n) is 4.37. The van der Waals surface area contributed by atoms with Gasteiger partial charge in [0.05, 0.1) is 5.69 Å². The maximum absolute atomic E-state index is 13.3. The average molecular weight is 272 g/mol. The zero-order chi connectivity index (χ0) is 12.6. The van der Waals surface area contributed by atoms with Gasteiger partial charge in [-0.05, 0) is 43.8 Å². The molecule has 17 heavy (non-hydrogen) atoms. The number of carbonyl (C=O) groups excluding carboxylic acids is 1. The lowest BCUT2D eigenvalue weighted by Crippen LogP contribution is -2.20. The van der Waals surface area contributed by atoms with E-state index in [1.165, 1.54) is 18.0 Å². The summed E-state index contributed by atoms with van der Waals surface area (Å²) in [6.07, 6.45) is 2.18. The number of hydrogen-bond acceptors (Lipinski definition) is 4. The summed E-state index contributed by atoms with van der Waals surface area (Å²) in [5.41, 5.74) is 5.62. The van der Waals surface area contributed by atoms with Gasteiger partial charge in [0.25, 0.3) is 5.91 Å². The molecule has 1 fully saturated rings. The molecule has 3 N–H and O–H groups in total. The zero-order valence-corrected chi connectivity index (χ0v) is 11.0. The molecule has 0 saturated heterocycles. The first-order valence-electron chi connectivity index (χ1n) is 5.18. The maximum Gasteiger partial charge on any atom is 0.261 e. The highest BCUT2D eigenvalue weighted by Gasteiger charge is 2.39. The summed E-state index contributed by atoms with van der Waals surface area (Å²) >= 11 is 5.40. The van der Waals surface area contributed by atoms with Crippen LogP contribution in [0, 0.1) is 5.82 Å². The second kappa shape index (κ2) is 4.42. The molecule has 6 heteroatoms. The van der Waals surface area contributed by atoms with Crippen LogP contribution in [0.5, 0.6) is 0 Å². The summed E-state index contributed by atoms with van der Waals surface area (Å²) in [6.45, 7) is 2.07. The number of halogens is 1. The third kappa shape index (κ3) is 2.87. The molecule has 0 bridgehead atoms. The van der Waals surface area contributed by atoms with Crippen molar-refractivity contribution >= 4 is 36.2 Å². The van der Waals surface area contributed by atoms with Gasteiger partial charge in [-0.3, -0.25) is 9.52 Å². The number of benzene rings is 1. The van der Waals surface area contributed by atoms with Crippen molar-refractivity contribution in [2.75, 3.05) is 5.73 Å². The van der Waals surface area contributed by atoms with Gasteiger partial charge in [-0.1, -0.05) is 0 Å². The fraction of sp³-hybridized carbons (Fsp3) is 0.364. The zero-order valence-electron chi connectivity index (χ0n) is 9.29. The lowest BCUT2D eigenvalue weighted by Gasteiger charge is -2.10. The van der Waals surface area contributed by atoms with Gasteiger partial charge in [0, 0.05) is 15.2 Å². The van der Waals surface area contributed by atoms with Crippen LogP contribution in [0.1, 0.15) is 30.1 Å². The normalized spacial score (nSPS) is 16.6. The molecule has 0 heterocycles. The Morgan fingerprint density at radius 3 is 2.76 bits per heavy atom. The van der Waals surface area contributed by atoms with Gasteiger partial charge in [-0.2, -0.15) is 0 Å². The first kappa shape index (κ1) is 12.6. The Hall–Kier alpha value is -0.880. The molecule has 92 valence electrons. The first-order chi connectivity index (χ1) is 7.91. The van der Waals surface area contributed by atoms with Gasteiger partial charge in [0.2, 0.25) is 0 Å². The molecule has 1 aliphatic carbocycles. The van der Waals surface area contributed by atoms with E-state index in [2.05, 4.69) is 24.3 Å². The lowest BCUT2D eigenvalue weighted by atomic mass is 10.2. The molecule has 0 unspecified atom stereocenters. The molecule has 1 amide bonds. The Morgan fingerprint density at radius 2 is 2.24 bits per heavy atom. The van der Waals surface area contributed by atoms with E-state index in [4.69, 9.17) is 5.73 Å². The third-order valence-corrected chi connectivity index (χ3v) is 4.27. The largest absolute Gasteiger partial charge is 0.395 e. The number of nitrogens with one attached hydrogen (secondary N) is 1. The molecular formula is C11H13FN2OS2. The number of nitrogens with two attached hydrogens (primary N) is 1. The number of thiol groups is 1. The highest BCUT2D eigenvalue weighted by atomic mass is 32.2. The summed E-state index contributed by atoms with van der Waals surface area (Å²) < 4.78 is 16.2. The predicted octanol–water partition coefficient (Wildman–Crippen LogP) is 2.63. The topological polar surface area (TPSA) is 55.1 Å². The van der Waals surface area contributed by atoms with Gasteiger partial charge in [0.15, 0.2) is 0 Å². The lowest BCUT2D eigenvalue weighted by molar-refractivity contribution is 0.0983. The number of hydrogen-bond donors (Lipinski definition) is 3. The summed E-state index contributed by atoms with van der Waals surface area (Å²) in [5, 5.41) is 0. The van der Waals surface area contributed by atoms with E-state index in [0.717, 1.165) is 18.9 Å². The summed E-state index contributed by atoms with van der Waals surface area (Å²) in [5.74, 6) is -0.942.